The summed E-state index contributed by atoms with van der Waals surface area (Å²) >= 11 is 6.22. The monoisotopic (exact) mass is 306 g/mol. The van der Waals surface area contributed by atoms with Crippen LogP contribution in [0.1, 0.15) is 56.6 Å². The molecular weight excluding hydrogens is 284 g/mol. The van der Waals surface area contributed by atoms with Gasteiger partial charge in [-0.25, -0.2) is 4.98 Å². The topological polar surface area (TPSA) is 35.6 Å². The van der Waals surface area contributed by atoms with Crippen molar-refractivity contribution in [2.45, 2.75) is 57.4 Å². The molecule has 0 N–H and O–H groups in total. The highest BCUT2D eigenvalue weighted by atomic mass is 35.5. The van der Waals surface area contributed by atoms with E-state index in [-0.39, 0.29) is 0 Å². The van der Waals surface area contributed by atoms with Gasteiger partial charge in [-0.1, -0.05) is 13.3 Å². The molecule has 0 aliphatic heterocycles. The maximum absolute atomic E-state index is 6.22. The van der Waals surface area contributed by atoms with Gasteiger partial charge in [-0.3, -0.25) is 4.68 Å². The van der Waals surface area contributed by atoms with Gasteiger partial charge in [0.05, 0.1) is 11.6 Å². The van der Waals surface area contributed by atoms with E-state index in [4.69, 9.17) is 21.7 Å². The Hall–Kier alpha value is -1.03. The Labute approximate surface area is 130 Å². The Bertz CT molecular complexity index is 651. The summed E-state index contributed by atoms with van der Waals surface area (Å²) in [6.07, 6.45) is 7.55. The van der Waals surface area contributed by atoms with Gasteiger partial charge >= 0.3 is 0 Å². The molecule has 0 bridgehead atoms. The third kappa shape index (κ3) is 2.19. The summed E-state index contributed by atoms with van der Waals surface area (Å²) in [7, 11) is 2.05. The first-order chi connectivity index (χ1) is 10.2. The first-order valence-corrected chi connectivity index (χ1v) is 8.76. The Morgan fingerprint density at radius 1 is 1.24 bits per heavy atom. The molecule has 0 atom stereocenters. The van der Waals surface area contributed by atoms with Crippen molar-refractivity contribution >= 4 is 22.8 Å². The van der Waals surface area contributed by atoms with Crippen LogP contribution >= 0.6 is 11.6 Å². The number of imidazole rings is 1. The first-order valence-electron chi connectivity index (χ1n) is 8.23. The van der Waals surface area contributed by atoms with Crippen LogP contribution in [0, 0.1) is 11.8 Å². The minimum atomic E-state index is 0.496. The number of nitrogens with zero attached hydrogens (tertiary/aromatic N) is 4. The van der Waals surface area contributed by atoms with Crippen LogP contribution in [0.5, 0.6) is 0 Å². The summed E-state index contributed by atoms with van der Waals surface area (Å²) in [6, 6.07) is 0.605. The van der Waals surface area contributed by atoms with E-state index in [0.717, 1.165) is 41.7 Å². The second kappa shape index (κ2) is 5.01. The molecule has 0 radical (unpaired) electrons. The maximum Gasteiger partial charge on any atom is 0.158 e. The number of halogens is 1. The minimum absolute atomic E-state index is 0.496. The van der Waals surface area contributed by atoms with Crippen LogP contribution in [0.25, 0.3) is 11.2 Å². The molecule has 2 saturated carbocycles. The smallest absolute Gasteiger partial charge is 0.158 e. The Kier molecular flexibility index (Phi) is 3.25. The van der Waals surface area contributed by atoms with Gasteiger partial charge in [0.15, 0.2) is 5.65 Å². The molecule has 2 aromatic heterocycles. The minimum Gasteiger partial charge on any atom is -0.308 e. The number of rotatable bonds is 6. The highest BCUT2D eigenvalue weighted by Gasteiger charge is 2.44. The highest BCUT2D eigenvalue weighted by molar-refractivity contribution is 6.16. The van der Waals surface area contributed by atoms with Crippen molar-refractivity contribution < 1.29 is 0 Å². The standard InChI is InChI=1S/C16H23ClN4/c1-3-4-12-14-16(20(2)19-12)21(13(9-17)18-14)15(10-5-6-10)11-7-8-11/h10-11,15H,3-9H2,1-2H3. The van der Waals surface area contributed by atoms with Gasteiger partial charge in [0.1, 0.15) is 11.3 Å². The molecule has 4 rings (SSSR count). The lowest BCUT2D eigenvalue weighted by atomic mass is 10.1. The molecule has 0 unspecified atom stereocenters. The summed E-state index contributed by atoms with van der Waals surface area (Å²) in [4.78, 5) is 4.86. The summed E-state index contributed by atoms with van der Waals surface area (Å²) in [5, 5.41) is 4.71. The average Bonchev–Trinajstić information content (AvgIpc) is 3.37. The molecule has 2 aliphatic rings. The van der Waals surface area contributed by atoms with Gasteiger partial charge in [0.25, 0.3) is 0 Å². The molecule has 2 aromatic rings. The molecule has 2 heterocycles. The Balaban J connectivity index is 1.89. The molecule has 0 amide bonds. The van der Waals surface area contributed by atoms with Gasteiger partial charge in [0, 0.05) is 13.1 Å². The second-order valence-electron chi connectivity index (χ2n) is 6.69. The molecule has 4 nitrogen and oxygen atoms in total. The lowest BCUT2D eigenvalue weighted by Crippen LogP contribution is -2.17. The van der Waals surface area contributed by atoms with Crippen LogP contribution in [-0.4, -0.2) is 19.3 Å². The zero-order valence-corrected chi connectivity index (χ0v) is 13.6. The lowest BCUT2D eigenvalue weighted by Gasteiger charge is -2.20. The molecule has 5 heteroatoms. The van der Waals surface area contributed by atoms with Crippen molar-refractivity contribution in [3.8, 4) is 0 Å². The van der Waals surface area contributed by atoms with Gasteiger partial charge in [-0.2, -0.15) is 5.10 Å². The fraction of sp³-hybridized carbons (Fsp3) is 0.750. The SMILES string of the molecule is CCCc1nn(C)c2c1nc(CCl)n2C(C1CC1)C1CC1. The Morgan fingerprint density at radius 2 is 1.90 bits per heavy atom. The van der Waals surface area contributed by atoms with E-state index in [1.54, 1.807) is 0 Å². The van der Waals surface area contributed by atoms with E-state index >= 15 is 0 Å². The summed E-state index contributed by atoms with van der Waals surface area (Å²) in [6.45, 7) is 2.19. The van der Waals surface area contributed by atoms with Crippen molar-refractivity contribution in [2.24, 2.45) is 18.9 Å². The lowest BCUT2D eigenvalue weighted by molar-refractivity contribution is 0.390. The second-order valence-corrected chi connectivity index (χ2v) is 6.96. The molecule has 114 valence electrons. The number of fused-ring (bicyclic) bond motifs is 1. The number of aryl methyl sites for hydroxylation is 2. The zero-order chi connectivity index (χ0) is 14.6. The van der Waals surface area contributed by atoms with Crippen LogP contribution in [-0.2, 0) is 19.3 Å². The van der Waals surface area contributed by atoms with Gasteiger partial charge < -0.3 is 4.57 Å². The number of alkyl halides is 1. The maximum atomic E-state index is 6.22. The van der Waals surface area contributed by atoms with E-state index in [0.29, 0.717) is 11.9 Å². The van der Waals surface area contributed by atoms with Crippen molar-refractivity contribution in [1.29, 1.82) is 0 Å². The molecule has 2 aliphatic carbocycles. The first kappa shape index (κ1) is 13.6. The fourth-order valence-electron chi connectivity index (χ4n) is 3.74. The average molecular weight is 307 g/mol. The summed E-state index contributed by atoms with van der Waals surface area (Å²) < 4.78 is 4.48. The number of hydrogen-bond acceptors (Lipinski definition) is 2. The van der Waals surface area contributed by atoms with Crippen molar-refractivity contribution in [2.75, 3.05) is 0 Å². The quantitative estimate of drug-likeness (QED) is 0.761. The van der Waals surface area contributed by atoms with E-state index in [1.807, 2.05) is 4.68 Å². The predicted molar refractivity (Wildman–Crippen MR) is 84.5 cm³/mol. The van der Waals surface area contributed by atoms with E-state index in [9.17, 15) is 0 Å². The number of hydrogen-bond donors (Lipinski definition) is 0. The molecule has 0 spiro atoms. The van der Waals surface area contributed by atoms with E-state index in [1.165, 1.54) is 31.3 Å². The summed E-state index contributed by atoms with van der Waals surface area (Å²) in [5.41, 5.74) is 3.41. The third-order valence-electron chi connectivity index (χ3n) is 4.92. The van der Waals surface area contributed by atoms with Crippen LogP contribution in [0.4, 0.5) is 0 Å². The van der Waals surface area contributed by atoms with Crippen molar-refractivity contribution in [3.05, 3.63) is 11.5 Å². The van der Waals surface area contributed by atoms with Crippen LogP contribution < -0.4 is 0 Å². The fourth-order valence-corrected chi connectivity index (χ4v) is 3.93. The molecule has 2 fully saturated rings. The normalized spacial score (nSPS) is 19.0. The molecule has 0 saturated heterocycles. The molecular formula is C16H23ClN4. The van der Waals surface area contributed by atoms with Gasteiger partial charge in [-0.05, 0) is 43.9 Å². The van der Waals surface area contributed by atoms with E-state index < -0.39 is 0 Å². The van der Waals surface area contributed by atoms with Gasteiger partial charge in [-0.15, -0.1) is 11.6 Å². The van der Waals surface area contributed by atoms with Crippen LogP contribution in [0.3, 0.4) is 0 Å². The van der Waals surface area contributed by atoms with Crippen LogP contribution in [0.15, 0.2) is 0 Å². The molecule has 21 heavy (non-hydrogen) atoms. The number of aromatic nitrogens is 4. The van der Waals surface area contributed by atoms with E-state index in [2.05, 4.69) is 18.5 Å². The molecule has 0 aromatic carbocycles. The third-order valence-corrected chi connectivity index (χ3v) is 5.16. The largest absolute Gasteiger partial charge is 0.308 e. The Morgan fingerprint density at radius 3 is 2.43 bits per heavy atom. The van der Waals surface area contributed by atoms with Gasteiger partial charge in [0.2, 0.25) is 0 Å². The predicted octanol–water partition coefficient (Wildman–Crippen LogP) is 3.82. The highest BCUT2D eigenvalue weighted by Crippen LogP contribution is 2.53. The zero-order valence-electron chi connectivity index (χ0n) is 12.8. The van der Waals surface area contributed by atoms with Crippen LogP contribution in [0.2, 0.25) is 0 Å². The van der Waals surface area contributed by atoms with Crippen molar-refractivity contribution in [1.82, 2.24) is 19.3 Å². The van der Waals surface area contributed by atoms with Crippen molar-refractivity contribution in [3.63, 3.8) is 0 Å². The summed E-state index contributed by atoms with van der Waals surface area (Å²) in [5.74, 6) is 3.21.